The predicted octanol–water partition coefficient (Wildman–Crippen LogP) is 2.47. The monoisotopic (exact) mass is 364 g/mol. The first-order valence-corrected chi connectivity index (χ1v) is 9.41. The Morgan fingerprint density at radius 2 is 2.17 bits per heavy atom. The van der Waals surface area contributed by atoms with Gasteiger partial charge in [-0.3, -0.25) is 19.3 Å². The number of thiazole rings is 1. The van der Waals surface area contributed by atoms with Crippen molar-refractivity contribution in [3.63, 3.8) is 0 Å². The summed E-state index contributed by atoms with van der Waals surface area (Å²) in [6, 6.07) is 7.87. The zero-order chi connectivity index (χ0) is 16.9. The number of aromatic nitrogens is 1. The number of hydrogen-bond donors (Lipinski definition) is 0. The minimum atomic E-state index is -0.441. The Labute approximate surface area is 147 Å². The van der Waals surface area contributed by atoms with Crippen LogP contribution in [0.3, 0.4) is 0 Å². The minimum absolute atomic E-state index is 0.192. The lowest BCUT2D eigenvalue weighted by Crippen LogP contribution is -2.35. The highest BCUT2D eigenvalue weighted by atomic mass is 32.2. The molecule has 1 aromatic heterocycles. The van der Waals surface area contributed by atoms with E-state index in [4.69, 9.17) is 4.74 Å². The van der Waals surface area contributed by atoms with E-state index in [1.54, 1.807) is 11.3 Å². The number of carbonyl (C=O) groups is 3. The fourth-order valence-corrected chi connectivity index (χ4v) is 4.40. The molecule has 0 saturated carbocycles. The quantitative estimate of drug-likeness (QED) is 0.579. The molecule has 3 rings (SSSR count). The second kappa shape index (κ2) is 7.76. The van der Waals surface area contributed by atoms with Crippen LogP contribution in [0.15, 0.2) is 28.6 Å². The van der Waals surface area contributed by atoms with Crippen LogP contribution < -0.4 is 0 Å². The van der Waals surface area contributed by atoms with Gasteiger partial charge in [0.05, 0.1) is 16.6 Å². The molecule has 2 amide bonds. The smallest absolute Gasteiger partial charge is 0.307 e. The van der Waals surface area contributed by atoms with E-state index in [0.29, 0.717) is 25.1 Å². The van der Waals surface area contributed by atoms with E-state index < -0.39 is 11.9 Å². The van der Waals surface area contributed by atoms with Crippen LogP contribution in [0.4, 0.5) is 0 Å². The molecule has 126 valence electrons. The highest BCUT2D eigenvalue weighted by Crippen LogP contribution is 2.29. The molecule has 0 spiro atoms. The van der Waals surface area contributed by atoms with Crippen molar-refractivity contribution in [2.24, 2.45) is 0 Å². The Morgan fingerprint density at radius 3 is 2.92 bits per heavy atom. The van der Waals surface area contributed by atoms with E-state index in [-0.39, 0.29) is 18.9 Å². The normalized spacial score (nSPS) is 14.3. The lowest BCUT2D eigenvalue weighted by molar-refractivity contribution is -0.154. The van der Waals surface area contributed by atoms with Gasteiger partial charge in [0, 0.05) is 18.7 Å². The Bertz CT molecular complexity index is 741. The van der Waals surface area contributed by atoms with Gasteiger partial charge in [-0.2, -0.15) is 0 Å². The van der Waals surface area contributed by atoms with Gasteiger partial charge in [0.1, 0.15) is 0 Å². The number of ether oxygens (including phenoxy) is 1. The van der Waals surface area contributed by atoms with Gasteiger partial charge in [0.2, 0.25) is 5.91 Å². The number of amides is 2. The molecule has 0 radical (unpaired) electrons. The summed E-state index contributed by atoms with van der Waals surface area (Å²) in [6.45, 7) is 0.0546. The molecule has 0 N–H and O–H groups in total. The molecule has 6 nitrogen and oxygen atoms in total. The van der Waals surface area contributed by atoms with Crippen molar-refractivity contribution in [1.29, 1.82) is 0 Å². The molecule has 1 aliphatic heterocycles. The summed E-state index contributed by atoms with van der Waals surface area (Å²) in [6.07, 6.45) is 1.26. The third-order valence-corrected chi connectivity index (χ3v) is 5.72. The summed E-state index contributed by atoms with van der Waals surface area (Å²) in [4.78, 5) is 40.5. The van der Waals surface area contributed by atoms with Crippen LogP contribution in [0.25, 0.3) is 10.2 Å². The lowest BCUT2D eigenvalue weighted by atomic mass is 10.3. The van der Waals surface area contributed by atoms with Crippen LogP contribution in [0, 0.1) is 0 Å². The minimum Gasteiger partial charge on any atom is -0.456 e. The Kier molecular flexibility index (Phi) is 5.47. The summed E-state index contributed by atoms with van der Waals surface area (Å²) in [5.74, 6) is -0.536. The summed E-state index contributed by atoms with van der Waals surface area (Å²) in [5.41, 5.74) is 0.952. The molecule has 24 heavy (non-hydrogen) atoms. The fourth-order valence-electron chi connectivity index (χ4n) is 2.34. The number of carbonyl (C=O) groups excluding carboxylic acids is 3. The SMILES string of the molecule is O=C(CCSc1nc2ccccc2s1)OCC(=O)N1CCCC1=O. The first-order chi connectivity index (χ1) is 11.6. The van der Waals surface area contributed by atoms with Gasteiger partial charge in [-0.05, 0) is 18.6 Å². The van der Waals surface area contributed by atoms with E-state index in [1.165, 1.54) is 11.8 Å². The van der Waals surface area contributed by atoms with Crippen LogP contribution in [0.5, 0.6) is 0 Å². The molecule has 0 unspecified atom stereocenters. The summed E-state index contributed by atoms with van der Waals surface area (Å²) >= 11 is 3.08. The largest absolute Gasteiger partial charge is 0.456 e. The number of para-hydroxylation sites is 1. The number of hydrogen-bond acceptors (Lipinski definition) is 7. The maximum absolute atomic E-state index is 11.8. The van der Waals surface area contributed by atoms with Gasteiger partial charge < -0.3 is 4.74 Å². The summed E-state index contributed by atoms with van der Waals surface area (Å²) < 4.78 is 6.97. The number of imide groups is 1. The first kappa shape index (κ1) is 16.9. The van der Waals surface area contributed by atoms with Crippen molar-refractivity contribution in [3.05, 3.63) is 24.3 Å². The van der Waals surface area contributed by atoms with E-state index in [1.807, 2.05) is 24.3 Å². The molecule has 1 saturated heterocycles. The molecule has 1 aromatic carbocycles. The van der Waals surface area contributed by atoms with Gasteiger partial charge in [0.25, 0.3) is 5.91 Å². The Balaban J connectivity index is 1.39. The molecule has 0 atom stereocenters. The van der Waals surface area contributed by atoms with Crippen LogP contribution in [-0.2, 0) is 19.1 Å². The standard InChI is InChI=1S/C16H16N2O4S2/c19-13-6-3-8-18(13)14(20)10-22-15(21)7-9-23-16-17-11-4-1-2-5-12(11)24-16/h1-2,4-5H,3,6-10H2. The molecule has 0 bridgehead atoms. The third kappa shape index (κ3) is 4.12. The molecular weight excluding hydrogens is 348 g/mol. The van der Waals surface area contributed by atoms with E-state index in [9.17, 15) is 14.4 Å². The Hall–Kier alpha value is -1.93. The molecule has 1 aliphatic rings. The maximum Gasteiger partial charge on any atom is 0.307 e. The molecule has 2 aromatic rings. The van der Waals surface area contributed by atoms with E-state index >= 15 is 0 Å². The number of nitrogens with zero attached hydrogens (tertiary/aromatic N) is 2. The lowest BCUT2D eigenvalue weighted by Gasteiger charge is -2.13. The number of fused-ring (bicyclic) bond motifs is 1. The van der Waals surface area contributed by atoms with Gasteiger partial charge >= 0.3 is 5.97 Å². The molecular formula is C16H16N2O4S2. The van der Waals surface area contributed by atoms with Crippen molar-refractivity contribution >= 4 is 51.1 Å². The average Bonchev–Trinajstić information content (AvgIpc) is 3.18. The van der Waals surface area contributed by atoms with Crippen LogP contribution in [0.2, 0.25) is 0 Å². The maximum atomic E-state index is 11.8. The number of likely N-dealkylation sites (tertiary alicyclic amines) is 1. The number of thioether (sulfide) groups is 1. The Morgan fingerprint density at radius 1 is 1.33 bits per heavy atom. The van der Waals surface area contributed by atoms with Crippen molar-refractivity contribution < 1.29 is 19.1 Å². The van der Waals surface area contributed by atoms with E-state index in [2.05, 4.69) is 4.98 Å². The van der Waals surface area contributed by atoms with Crippen molar-refractivity contribution in [3.8, 4) is 0 Å². The molecule has 8 heteroatoms. The second-order valence-electron chi connectivity index (χ2n) is 5.25. The van der Waals surface area contributed by atoms with Gasteiger partial charge in [0.15, 0.2) is 10.9 Å². The van der Waals surface area contributed by atoms with Crippen LogP contribution >= 0.6 is 23.1 Å². The van der Waals surface area contributed by atoms with Gasteiger partial charge in [-0.1, -0.05) is 23.9 Å². The zero-order valence-corrected chi connectivity index (χ0v) is 14.5. The molecule has 1 fully saturated rings. The predicted molar refractivity (Wildman–Crippen MR) is 91.9 cm³/mol. The van der Waals surface area contributed by atoms with Crippen molar-refractivity contribution in [2.75, 3.05) is 18.9 Å². The highest BCUT2D eigenvalue weighted by Gasteiger charge is 2.26. The topological polar surface area (TPSA) is 76.6 Å². The summed E-state index contributed by atoms with van der Waals surface area (Å²) in [7, 11) is 0. The van der Waals surface area contributed by atoms with Crippen molar-refractivity contribution in [2.45, 2.75) is 23.6 Å². The summed E-state index contributed by atoms with van der Waals surface area (Å²) in [5, 5.41) is 0. The number of esters is 1. The zero-order valence-electron chi connectivity index (χ0n) is 12.9. The van der Waals surface area contributed by atoms with Crippen molar-refractivity contribution in [1.82, 2.24) is 9.88 Å². The first-order valence-electron chi connectivity index (χ1n) is 7.60. The molecule has 2 heterocycles. The number of rotatable bonds is 6. The van der Waals surface area contributed by atoms with Crippen LogP contribution in [0.1, 0.15) is 19.3 Å². The average molecular weight is 364 g/mol. The number of benzene rings is 1. The van der Waals surface area contributed by atoms with Crippen LogP contribution in [-0.4, -0.2) is 46.6 Å². The third-order valence-electron chi connectivity index (χ3n) is 3.54. The highest BCUT2D eigenvalue weighted by molar-refractivity contribution is 8.01. The van der Waals surface area contributed by atoms with Gasteiger partial charge in [-0.15, -0.1) is 11.3 Å². The molecule has 0 aliphatic carbocycles. The second-order valence-corrected chi connectivity index (χ2v) is 7.62. The van der Waals surface area contributed by atoms with E-state index in [0.717, 1.165) is 19.5 Å². The van der Waals surface area contributed by atoms with Gasteiger partial charge in [-0.25, -0.2) is 4.98 Å². The fraction of sp³-hybridized carbons (Fsp3) is 0.375.